The van der Waals surface area contributed by atoms with Gasteiger partial charge in [0.2, 0.25) is 0 Å². The van der Waals surface area contributed by atoms with Crippen molar-refractivity contribution in [2.45, 2.75) is 41.0 Å². The quantitative estimate of drug-likeness (QED) is 0.577. The van der Waals surface area contributed by atoms with Gasteiger partial charge in [-0.1, -0.05) is 0 Å². The first-order valence-electron chi connectivity index (χ1n) is 6.12. The van der Waals surface area contributed by atoms with Crippen LogP contribution in [0.4, 0.5) is 0 Å². The number of benzene rings is 1. The van der Waals surface area contributed by atoms with E-state index in [1.54, 1.807) is 0 Å². The van der Waals surface area contributed by atoms with Gasteiger partial charge in [-0.2, -0.15) is 0 Å². The Labute approximate surface area is 114 Å². The number of hydrogen-bond acceptors (Lipinski definition) is 1. The van der Waals surface area contributed by atoms with Gasteiger partial charge in [0.05, 0.1) is 0 Å². The molecule has 0 bridgehead atoms. The molecular formula is C14H20O2Te. The molecule has 0 saturated heterocycles. The molecule has 0 spiro atoms. The third-order valence-corrected chi connectivity index (χ3v) is 6.70. The molecular weight excluding hydrogens is 328 g/mol. The molecule has 0 heterocycles. The molecule has 0 fully saturated rings. The Hall–Kier alpha value is -0.520. The fourth-order valence-corrected chi connectivity index (χ4v) is 5.56. The zero-order valence-corrected chi connectivity index (χ0v) is 12.6. The maximum absolute atomic E-state index is 10.7. The van der Waals surface area contributed by atoms with Gasteiger partial charge < -0.3 is 0 Å². The molecule has 0 aliphatic rings. The minimum absolute atomic E-state index is 0.108. The van der Waals surface area contributed by atoms with Crippen molar-refractivity contribution >= 4 is 26.9 Å². The molecule has 94 valence electrons. The number of rotatable bonds is 8. The predicted octanol–water partition coefficient (Wildman–Crippen LogP) is 3.52. The first kappa shape index (κ1) is 14.5. The Balaban J connectivity index is 2.55. The van der Waals surface area contributed by atoms with Crippen LogP contribution in [0.2, 0.25) is 4.47 Å². The summed E-state index contributed by atoms with van der Waals surface area (Å²) in [5.74, 6) is -0.672. The van der Waals surface area contributed by atoms with Crippen molar-refractivity contribution in [3.8, 4) is 0 Å². The topological polar surface area (TPSA) is 37.3 Å². The summed E-state index contributed by atoms with van der Waals surface area (Å²) in [5, 5.41) is 8.80. The van der Waals surface area contributed by atoms with Crippen LogP contribution in [0.15, 0.2) is 30.3 Å². The second-order valence-electron chi connectivity index (χ2n) is 4.06. The molecule has 1 N–H and O–H groups in total. The Morgan fingerprint density at radius 2 is 2.06 bits per heavy atom. The third-order valence-electron chi connectivity index (χ3n) is 2.61. The minimum atomic E-state index is -0.672. The van der Waals surface area contributed by atoms with Gasteiger partial charge in [0, 0.05) is 0 Å². The fourth-order valence-electron chi connectivity index (χ4n) is 1.64. The van der Waals surface area contributed by atoms with Crippen molar-refractivity contribution in [3.63, 3.8) is 0 Å². The zero-order valence-electron chi connectivity index (χ0n) is 10.3. The Bertz CT molecular complexity index is 324. The molecule has 0 aliphatic heterocycles. The maximum atomic E-state index is 10.7. The number of hydrogen-bond donors (Lipinski definition) is 1. The molecule has 1 aromatic carbocycles. The van der Waals surface area contributed by atoms with Crippen LogP contribution in [-0.2, 0) is 4.79 Å². The summed E-state index contributed by atoms with van der Waals surface area (Å²) in [7, 11) is 0. The van der Waals surface area contributed by atoms with Gasteiger partial charge in [-0.05, 0) is 0 Å². The second-order valence-corrected chi connectivity index (χ2v) is 7.80. The van der Waals surface area contributed by atoms with Crippen molar-refractivity contribution in [2.75, 3.05) is 0 Å². The summed E-state index contributed by atoms with van der Waals surface area (Å²) >= 11 is -0.108. The molecule has 1 rings (SSSR count). The summed E-state index contributed by atoms with van der Waals surface area (Å²) < 4.78 is 1.85. The van der Waals surface area contributed by atoms with Crippen LogP contribution in [0.1, 0.15) is 42.1 Å². The number of carbonyl (C=O) groups is 1. The molecule has 0 amide bonds. The number of carboxylic acids is 1. The van der Waals surface area contributed by atoms with E-state index < -0.39 is 5.97 Å². The van der Waals surface area contributed by atoms with Crippen LogP contribution < -0.4 is 0 Å². The normalized spacial score (nSPS) is 12.3. The van der Waals surface area contributed by atoms with Crippen LogP contribution in [0.5, 0.6) is 0 Å². The van der Waals surface area contributed by atoms with E-state index in [9.17, 15) is 4.79 Å². The fraction of sp³-hybridized carbons (Fsp3) is 0.500. The van der Waals surface area contributed by atoms with Crippen LogP contribution in [0.25, 0.3) is 0 Å². The van der Waals surface area contributed by atoms with Crippen molar-refractivity contribution < 1.29 is 9.90 Å². The number of carboxylic acid groups (broad SMARTS) is 1. The molecule has 1 aromatic rings. The standard InChI is InChI=1S/C14H20O2Te/c1-2-3-11-17-13(9-10-14(15)16)12-7-5-4-6-8-12/h4-8,13H,2-3,9-11H2,1H3,(H,15,16). The Morgan fingerprint density at radius 3 is 2.65 bits per heavy atom. The third kappa shape index (κ3) is 6.10. The van der Waals surface area contributed by atoms with Crippen molar-refractivity contribution in [2.24, 2.45) is 0 Å². The molecule has 0 saturated carbocycles. The molecule has 3 heteroatoms. The number of unbranched alkanes of at least 4 members (excludes halogenated alkanes) is 1. The summed E-state index contributed by atoms with van der Waals surface area (Å²) in [6, 6.07) is 10.4. The van der Waals surface area contributed by atoms with Crippen molar-refractivity contribution in [3.05, 3.63) is 35.9 Å². The van der Waals surface area contributed by atoms with Crippen molar-refractivity contribution in [1.29, 1.82) is 0 Å². The molecule has 17 heavy (non-hydrogen) atoms. The van der Waals surface area contributed by atoms with E-state index in [-0.39, 0.29) is 20.9 Å². The average Bonchev–Trinajstić information content (AvgIpc) is 2.34. The van der Waals surface area contributed by atoms with E-state index in [1.807, 2.05) is 6.07 Å². The van der Waals surface area contributed by atoms with E-state index in [2.05, 4.69) is 31.2 Å². The zero-order chi connectivity index (χ0) is 12.5. The summed E-state index contributed by atoms with van der Waals surface area (Å²) in [6.45, 7) is 2.21. The first-order chi connectivity index (χ1) is 8.24. The average molecular weight is 348 g/mol. The summed E-state index contributed by atoms with van der Waals surface area (Å²) in [5.41, 5.74) is 1.34. The van der Waals surface area contributed by atoms with Gasteiger partial charge in [0.25, 0.3) is 0 Å². The van der Waals surface area contributed by atoms with E-state index in [0.29, 0.717) is 10.4 Å². The van der Waals surface area contributed by atoms with Gasteiger partial charge >= 0.3 is 114 Å². The van der Waals surface area contributed by atoms with Gasteiger partial charge in [0.1, 0.15) is 0 Å². The predicted molar refractivity (Wildman–Crippen MR) is 71.5 cm³/mol. The molecule has 2 nitrogen and oxygen atoms in total. The van der Waals surface area contributed by atoms with Gasteiger partial charge in [-0.15, -0.1) is 0 Å². The van der Waals surface area contributed by atoms with E-state index in [0.717, 1.165) is 6.42 Å². The van der Waals surface area contributed by atoms with Crippen LogP contribution >= 0.6 is 0 Å². The monoisotopic (exact) mass is 350 g/mol. The molecule has 0 aromatic heterocycles. The van der Waals surface area contributed by atoms with Crippen LogP contribution in [-0.4, -0.2) is 32.0 Å². The first-order valence-corrected chi connectivity index (χ1v) is 9.11. The molecule has 1 unspecified atom stereocenters. The Kier molecular flexibility index (Phi) is 7.32. The van der Waals surface area contributed by atoms with Gasteiger partial charge in [-0.3, -0.25) is 0 Å². The Morgan fingerprint density at radius 1 is 1.35 bits per heavy atom. The molecule has 0 aliphatic carbocycles. The summed E-state index contributed by atoms with van der Waals surface area (Å²) in [6.07, 6.45) is 3.64. The van der Waals surface area contributed by atoms with E-state index in [4.69, 9.17) is 5.11 Å². The van der Waals surface area contributed by atoms with E-state index in [1.165, 1.54) is 22.9 Å². The number of aliphatic carboxylic acids is 1. The second kappa shape index (κ2) is 8.55. The van der Waals surface area contributed by atoms with Gasteiger partial charge in [-0.25, -0.2) is 0 Å². The van der Waals surface area contributed by atoms with Gasteiger partial charge in [0.15, 0.2) is 0 Å². The SMILES string of the molecule is CCCC[Te]C(CCC(=O)O)c1ccccc1. The summed E-state index contributed by atoms with van der Waals surface area (Å²) in [4.78, 5) is 10.7. The molecule has 1 atom stereocenters. The van der Waals surface area contributed by atoms with Crippen LogP contribution in [0.3, 0.4) is 0 Å². The molecule has 0 radical (unpaired) electrons. The van der Waals surface area contributed by atoms with Crippen molar-refractivity contribution in [1.82, 2.24) is 0 Å². The van der Waals surface area contributed by atoms with Crippen LogP contribution in [0, 0.1) is 0 Å². The van der Waals surface area contributed by atoms with E-state index >= 15 is 0 Å².